The summed E-state index contributed by atoms with van der Waals surface area (Å²) < 4.78 is 0. The number of fused-ring (bicyclic) bond motifs is 4. The minimum Gasteiger partial charge on any atom is -0.208 e. The van der Waals surface area contributed by atoms with Gasteiger partial charge in [0.15, 0.2) is 17.5 Å². The van der Waals surface area contributed by atoms with Gasteiger partial charge in [-0.2, -0.15) is 0 Å². The van der Waals surface area contributed by atoms with E-state index in [1.807, 2.05) is 42.5 Å². The van der Waals surface area contributed by atoms with Crippen molar-refractivity contribution in [3.8, 4) is 67.5 Å². The zero-order valence-corrected chi connectivity index (χ0v) is 29.4. The molecule has 252 valence electrons. The molecule has 0 aliphatic heterocycles. The summed E-state index contributed by atoms with van der Waals surface area (Å²) in [4.78, 5) is 15.3. The van der Waals surface area contributed by atoms with E-state index in [-0.39, 0.29) is 0 Å². The van der Waals surface area contributed by atoms with Crippen LogP contribution in [0.1, 0.15) is 0 Å². The van der Waals surface area contributed by atoms with E-state index in [9.17, 15) is 0 Å². The van der Waals surface area contributed by atoms with Gasteiger partial charge in [-0.05, 0) is 83.9 Å². The van der Waals surface area contributed by atoms with Crippen LogP contribution in [0.25, 0.3) is 99.9 Å². The summed E-state index contributed by atoms with van der Waals surface area (Å²) >= 11 is 0. The molecular weight excluding hydrogens is 655 g/mol. The fraction of sp³-hybridized carbons (Fsp3) is 0. The van der Waals surface area contributed by atoms with Crippen molar-refractivity contribution in [1.82, 2.24) is 15.0 Å². The zero-order valence-electron chi connectivity index (χ0n) is 29.4. The Morgan fingerprint density at radius 3 is 1.52 bits per heavy atom. The Balaban J connectivity index is 1.12. The van der Waals surface area contributed by atoms with Crippen molar-refractivity contribution in [2.45, 2.75) is 0 Å². The van der Waals surface area contributed by atoms with Crippen molar-refractivity contribution >= 4 is 32.3 Å². The van der Waals surface area contributed by atoms with Gasteiger partial charge in [0.2, 0.25) is 0 Å². The van der Waals surface area contributed by atoms with E-state index in [0.29, 0.717) is 17.5 Å². The summed E-state index contributed by atoms with van der Waals surface area (Å²) in [6.45, 7) is 0. The normalized spacial score (nSPS) is 11.3. The van der Waals surface area contributed by atoms with Crippen LogP contribution in [0.5, 0.6) is 0 Å². The Hall–Kier alpha value is -7.23. The standard InChI is InChI=1S/C51H33N3/c1-3-15-34(16-4-1)42-25-11-12-28-46(42)51-53-49(36-18-5-2-6-19-36)52-50(54-51)41-24-14-22-38(32-41)37-21-13-23-40(31-37)48-44-27-10-8-20-39(44)33-47-43-26-9-7-17-35(43)29-30-45(47)48/h1-33H. The lowest BCUT2D eigenvalue weighted by Gasteiger charge is -2.15. The summed E-state index contributed by atoms with van der Waals surface area (Å²) in [6, 6.07) is 70.6. The molecule has 0 amide bonds. The predicted molar refractivity (Wildman–Crippen MR) is 225 cm³/mol. The van der Waals surface area contributed by atoms with E-state index in [4.69, 9.17) is 15.0 Å². The van der Waals surface area contributed by atoms with E-state index >= 15 is 0 Å². The minimum absolute atomic E-state index is 0.631. The molecule has 0 radical (unpaired) electrons. The van der Waals surface area contributed by atoms with Gasteiger partial charge >= 0.3 is 0 Å². The highest BCUT2D eigenvalue weighted by Crippen LogP contribution is 2.41. The maximum absolute atomic E-state index is 5.16. The topological polar surface area (TPSA) is 38.7 Å². The molecule has 0 N–H and O–H groups in total. The van der Waals surface area contributed by atoms with Crippen molar-refractivity contribution in [3.63, 3.8) is 0 Å². The van der Waals surface area contributed by atoms with E-state index in [1.54, 1.807) is 0 Å². The molecule has 0 atom stereocenters. The molecule has 3 heteroatoms. The van der Waals surface area contributed by atoms with Gasteiger partial charge in [0.25, 0.3) is 0 Å². The van der Waals surface area contributed by atoms with E-state index in [2.05, 4.69) is 158 Å². The second-order valence-corrected chi connectivity index (χ2v) is 13.6. The largest absolute Gasteiger partial charge is 0.208 e. The molecule has 54 heavy (non-hydrogen) atoms. The second-order valence-electron chi connectivity index (χ2n) is 13.6. The lowest BCUT2D eigenvalue weighted by molar-refractivity contribution is 1.07. The van der Waals surface area contributed by atoms with Crippen molar-refractivity contribution in [1.29, 1.82) is 0 Å². The Kier molecular flexibility index (Phi) is 7.81. The molecule has 0 saturated heterocycles. The highest BCUT2D eigenvalue weighted by Gasteiger charge is 2.17. The number of aromatic nitrogens is 3. The van der Waals surface area contributed by atoms with Crippen LogP contribution in [0.3, 0.4) is 0 Å². The van der Waals surface area contributed by atoms with E-state index in [0.717, 1.165) is 38.9 Å². The van der Waals surface area contributed by atoms with Gasteiger partial charge in [0.05, 0.1) is 0 Å². The van der Waals surface area contributed by atoms with Crippen LogP contribution in [0, 0.1) is 0 Å². The zero-order chi connectivity index (χ0) is 35.8. The lowest BCUT2D eigenvalue weighted by atomic mass is 9.89. The van der Waals surface area contributed by atoms with Gasteiger partial charge in [-0.25, -0.2) is 15.0 Å². The Bertz CT molecular complexity index is 2990. The van der Waals surface area contributed by atoms with Crippen LogP contribution in [-0.2, 0) is 0 Å². The molecule has 1 heterocycles. The molecule has 0 fully saturated rings. The number of rotatable bonds is 6. The van der Waals surface area contributed by atoms with Gasteiger partial charge < -0.3 is 0 Å². The number of hydrogen-bond acceptors (Lipinski definition) is 3. The summed E-state index contributed by atoms with van der Waals surface area (Å²) in [7, 11) is 0. The molecule has 10 rings (SSSR count). The number of hydrogen-bond donors (Lipinski definition) is 0. The average molecular weight is 688 g/mol. The van der Waals surface area contributed by atoms with Crippen molar-refractivity contribution in [2.75, 3.05) is 0 Å². The number of nitrogens with zero attached hydrogens (tertiary/aromatic N) is 3. The minimum atomic E-state index is 0.631. The molecular formula is C51H33N3. The van der Waals surface area contributed by atoms with Gasteiger partial charge in [-0.1, -0.05) is 182 Å². The monoisotopic (exact) mass is 687 g/mol. The number of benzene rings is 9. The van der Waals surface area contributed by atoms with Crippen molar-refractivity contribution in [3.05, 3.63) is 200 Å². The molecule has 0 spiro atoms. The molecule has 9 aromatic carbocycles. The maximum atomic E-state index is 5.16. The Morgan fingerprint density at radius 2 is 0.759 bits per heavy atom. The summed E-state index contributed by atoms with van der Waals surface area (Å²) in [6.07, 6.45) is 0. The second kappa shape index (κ2) is 13.4. The third kappa shape index (κ3) is 5.69. The molecule has 10 aromatic rings. The summed E-state index contributed by atoms with van der Waals surface area (Å²) in [5, 5.41) is 7.51. The SMILES string of the molecule is c1ccc(-c2nc(-c3cccc(-c4cccc(-c5c6ccccc6cc6c5ccc5ccccc56)c4)c3)nc(-c3ccccc3-c3ccccc3)n2)cc1. The van der Waals surface area contributed by atoms with Crippen LogP contribution in [0.4, 0.5) is 0 Å². The van der Waals surface area contributed by atoms with Gasteiger partial charge in [0.1, 0.15) is 0 Å². The quantitative estimate of drug-likeness (QED) is 0.129. The van der Waals surface area contributed by atoms with E-state index in [1.165, 1.54) is 43.4 Å². The fourth-order valence-electron chi connectivity index (χ4n) is 7.71. The maximum Gasteiger partial charge on any atom is 0.164 e. The van der Waals surface area contributed by atoms with Gasteiger partial charge in [0, 0.05) is 16.7 Å². The van der Waals surface area contributed by atoms with Crippen LogP contribution in [0.15, 0.2) is 200 Å². The smallest absolute Gasteiger partial charge is 0.164 e. The third-order valence-corrected chi connectivity index (χ3v) is 10.3. The van der Waals surface area contributed by atoms with E-state index < -0.39 is 0 Å². The van der Waals surface area contributed by atoms with Crippen LogP contribution < -0.4 is 0 Å². The van der Waals surface area contributed by atoms with Crippen LogP contribution in [0.2, 0.25) is 0 Å². The Morgan fingerprint density at radius 1 is 0.241 bits per heavy atom. The highest BCUT2D eigenvalue weighted by atomic mass is 15.0. The van der Waals surface area contributed by atoms with Crippen LogP contribution >= 0.6 is 0 Å². The first-order chi connectivity index (χ1) is 26.8. The van der Waals surface area contributed by atoms with Crippen molar-refractivity contribution < 1.29 is 0 Å². The third-order valence-electron chi connectivity index (χ3n) is 10.3. The molecule has 0 bridgehead atoms. The molecule has 0 aliphatic rings. The average Bonchev–Trinajstić information content (AvgIpc) is 3.26. The molecule has 3 nitrogen and oxygen atoms in total. The lowest BCUT2D eigenvalue weighted by Crippen LogP contribution is -2.01. The first-order valence-electron chi connectivity index (χ1n) is 18.3. The Labute approximate surface area is 313 Å². The van der Waals surface area contributed by atoms with Crippen molar-refractivity contribution in [2.24, 2.45) is 0 Å². The van der Waals surface area contributed by atoms with Crippen LogP contribution in [-0.4, -0.2) is 15.0 Å². The summed E-state index contributed by atoms with van der Waals surface area (Å²) in [5.74, 6) is 1.91. The fourth-order valence-corrected chi connectivity index (χ4v) is 7.71. The van der Waals surface area contributed by atoms with Gasteiger partial charge in [-0.15, -0.1) is 0 Å². The molecule has 0 saturated carbocycles. The molecule has 1 aromatic heterocycles. The predicted octanol–water partition coefficient (Wildman–Crippen LogP) is 13.3. The summed E-state index contributed by atoms with van der Waals surface area (Å²) in [5.41, 5.74) is 9.68. The highest BCUT2D eigenvalue weighted by molar-refractivity contribution is 6.20. The first kappa shape index (κ1) is 31.5. The first-order valence-corrected chi connectivity index (χ1v) is 18.3. The molecule has 0 unspecified atom stereocenters. The molecule has 0 aliphatic carbocycles. The van der Waals surface area contributed by atoms with Gasteiger partial charge in [-0.3, -0.25) is 0 Å².